The highest BCUT2D eigenvalue weighted by Crippen LogP contribution is 2.63. The lowest BCUT2D eigenvalue weighted by Crippen LogP contribution is -2.69. The van der Waals surface area contributed by atoms with Gasteiger partial charge >= 0.3 is 11.9 Å². The number of hydroxylamine groups is 2. The van der Waals surface area contributed by atoms with Crippen LogP contribution in [-0.2, 0) is 54.3 Å². The molecular weight excluding hydrogens is 712 g/mol. The molecule has 3 N–H and O–H groups in total. The third-order valence-electron chi connectivity index (χ3n) is 11.4. The quantitative estimate of drug-likeness (QED) is 0.175. The van der Waals surface area contributed by atoms with Gasteiger partial charge in [-0.2, -0.15) is 5.06 Å². The molecule has 1 aromatic rings. The van der Waals surface area contributed by atoms with E-state index in [0.29, 0.717) is 0 Å². The van der Waals surface area contributed by atoms with Crippen LogP contribution < -0.4 is 10.6 Å². The average molecular weight is 767 g/mol. The van der Waals surface area contributed by atoms with Crippen LogP contribution >= 0.6 is 0 Å². The summed E-state index contributed by atoms with van der Waals surface area (Å²) in [6.07, 6.45) is 4.54. The van der Waals surface area contributed by atoms with Gasteiger partial charge in [-0.05, 0) is 70.1 Å². The first-order chi connectivity index (χ1) is 26.1. The molecule has 6 fully saturated rings. The van der Waals surface area contributed by atoms with Crippen LogP contribution in [0.2, 0.25) is 0 Å². The van der Waals surface area contributed by atoms with E-state index >= 15 is 0 Å². The third-order valence-corrected chi connectivity index (χ3v) is 11.4. The number of carbonyl (C=O) groups is 5. The van der Waals surface area contributed by atoms with E-state index in [1.165, 1.54) is 16.0 Å². The van der Waals surface area contributed by atoms with Crippen LogP contribution in [0.25, 0.3) is 6.08 Å². The minimum absolute atomic E-state index is 0.0203. The van der Waals surface area contributed by atoms with Crippen molar-refractivity contribution in [1.29, 1.82) is 0 Å². The van der Waals surface area contributed by atoms with Crippen LogP contribution in [0, 0.1) is 17.3 Å². The Morgan fingerprint density at radius 1 is 1.07 bits per heavy atom. The normalized spacial score (nSPS) is 30.0. The summed E-state index contributed by atoms with van der Waals surface area (Å²) in [7, 11) is 3.35. The average Bonchev–Trinajstić information content (AvgIpc) is 4.07. The fraction of sp³-hybridized carbons (Fsp3) is 0.675. The second kappa shape index (κ2) is 15.2. The topological polar surface area (TPSA) is 182 Å². The number of amides is 3. The van der Waals surface area contributed by atoms with Crippen molar-refractivity contribution in [2.75, 3.05) is 27.2 Å². The Bertz CT molecular complexity index is 1690. The maximum absolute atomic E-state index is 14.6. The molecule has 3 heterocycles. The Hall–Kier alpha value is -3.89. The highest BCUT2D eigenvalue weighted by Gasteiger charge is 2.78. The second-order valence-corrected chi connectivity index (χ2v) is 17.0. The molecule has 6 aliphatic rings. The van der Waals surface area contributed by atoms with Gasteiger partial charge in [0.25, 0.3) is 0 Å². The molecule has 7 rings (SSSR count). The van der Waals surface area contributed by atoms with E-state index < -0.39 is 77.1 Å². The number of nitrogens with one attached hydrogen (secondary N) is 2. The first kappa shape index (κ1) is 39.3. The molecule has 3 aliphatic carbocycles. The van der Waals surface area contributed by atoms with E-state index in [4.69, 9.17) is 23.8 Å². The lowest BCUT2D eigenvalue weighted by molar-refractivity contribution is -0.235. The summed E-state index contributed by atoms with van der Waals surface area (Å²) in [6, 6.07) is 5.72. The second-order valence-electron chi connectivity index (χ2n) is 17.0. The summed E-state index contributed by atoms with van der Waals surface area (Å²) < 4.78 is 25.1. The van der Waals surface area contributed by atoms with E-state index in [1.54, 1.807) is 40.9 Å². The number of esters is 2. The summed E-state index contributed by atoms with van der Waals surface area (Å²) in [6.45, 7) is 5.02. The number of fused-ring (bicyclic) bond motifs is 4. The van der Waals surface area contributed by atoms with Gasteiger partial charge in [-0.3, -0.25) is 28.8 Å². The van der Waals surface area contributed by atoms with Crippen molar-refractivity contribution < 1.29 is 52.9 Å². The minimum Gasteiger partial charge on any atom is -0.460 e. The number of likely N-dealkylation sites (N-methyl/N-ethyl adjacent to an activating group) is 1. The van der Waals surface area contributed by atoms with E-state index in [9.17, 15) is 29.1 Å². The molecule has 15 nitrogen and oxygen atoms in total. The van der Waals surface area contributed by atoms with Crippen LogP contribution in [0.4, 0.5) is 0 Å². The summed E-state index contributed by atoms with van der Waals surface area (Å²) in [5, 5.41) is 17.0. The molecule has 0 unspecified atom stereocenters. The minimum atomic E-state index is -1.40. The van der Waals surface area contributed by atoms with E-state index in [1.807, 2.05) is 24.3 Å². The fourth-order valence-corrected chi connectivity index (χ4v) is 8.61. The number of aliphatic hydroxyl groups excluding tert-OH is 1. The molecule has 55 heavy (non-hydrogen) atoms. The van der Waals surface area contributed by atoms with Gasteiger partial charge in [0, 0.05) is 57.8 Å². The zero-order valence-corrected chi connectivity index (χ0v) is 32.3. The van der Waals surface area contributed by atoms with Gasteiger partial charge in [-0.1, -0.05) is 24.3 Å². The Labute approximate surface area is 321 Å². The fourth-order valence-electron chi connectivity index (χ4n) is 8.61. The Morgan fingerprint density at radius 2 is 1.78 bits per heavy atom. The summed E-state index contributed by atoms with van der Waals surface area (Å²) >= 11 is 0. The number of rotatable bonds is 15. The Balaban J connectivity index is 1.08. The number of ether oxygens (including phenoxy) is 4. The lowest BCUT2D eigenvalue weighted by atomic mass is 9.62. The number of hydrogen-bond acceptors (Lipinski definition) is 12. The van der Waals surface area contributed by atoms with Crippen LogP contribution in [0.5, 0.6) is 0 Å². The molecule has 15 heteroatoms. The predicted octanol–water partition coefficient (Wildman–Crippen LogP) is 1.99. The summed E-state index contributed by atoms with van der Waals surface area (Å²) in [5.41, 5.74) is -0.480. The molecule has 1 aromatic carbocycles. The lowest BCUT2D eigenvalue weighted by Gasteiger charge is -2.48. The summed E-state index contributed by atoms with van der Waals surface area (Å²) in [5.74, 6) is -2.36. The largest absolute Gasteiger partial charge is 0.460 e. The Kier molecular flexibility index (Phi) is 10.9. The number of hydrogen-bond donors (Lipinski definition) is 3. The zero-order valence-electron chi connectivity index (χ0n) is 32.3. The SMILES string of the molecule is CN(C)C(=O)C=Cc1cccc(CN2O[C@@H]3[C@H]4OC(C5CC5)(C5CC5)O[C@H]4[C@@H]4C[C@]3(C(=O)NCCC(=O)N[C@H](CO)CCC(=O)OC(C)(C)C)[C@@H]2C(=O)O4)c1. The zero-order chi connectivity index (χ0) is 39.3. The number of benzene rings is 1. The Morgan fingerprint density at radius 3 is 2.44 bits per heavy atom. The highest BCUT2D eigenvalue weighted by molar-refractivity contribution is 5.94. The van der Waals surface area contributed by atoms with Gasteiger partial charge in [0.2, 0.25) is 17.7 Å². The van der Waals surface area contributed by atoms with Crippen LogP contribution in [-0.4, -0.2) is 120 Å². The van der Waals surface area contributed by atoms with Crippen molar-refractivity contribution in [3.63, 3.8) is 0 Å². The number of carbonyl (C=O) groups excluding carboxylic acids is 5. The van der Waals surface area contributed by atoms with E-state index in [2.05, 4.69) is 10.6 Å². The van der Waals surface area contributed by atoms with Crippen molar-refractivity contribution in [1.82, 2.24) is 20.6 Å². The van der Waals surface area contributed by atoms with E-state index in [0.717, 1.165) is 36.8 Å². The van der Waals surface area contributed by atoms with Crippen molar-refractivity contribution in [2.24, 2.45) is 17.3 Å². The molecule has 0 radical (unpaired) electrons. The predicted molar refractivity (Wildman–Crippen MR) is 195 cm³/mol. The monoisotopic (exact) mass is 766 g/mol. The van der Waals surface area contributed by atoms with Gasteiger partial charge < -0.3 is 39.6 Å². The highest BCUT2D eigenvalue weighted by atomic mass is 16.8. The van der Waals surface area contributed by atoms with E-state index in [-0.39, 0.29) is 63.1 Å². The van der Waals surface area contributed by atoms with Crippen LogP contribution in [0.15, 0.2) is 30.3 Å². The molecule has 2 bridgehead atoms. The summed E-state index contributed by atoms with van der Waals surface area (Å²) in [4.78, 5) is 74.1. The molecule has 7 atom stereocenters. The maximum atomic E-state index is 14.6. The van der Waals surface area contributed by atoms with Crippen molar-refractivity contribution >= 4 is 35.7 Å². The van der Waals surface area contributed by atoms with Gasteiger partial charge in [0.1, 0.15) is 35.4 Å². The third kappa shape index (κ3) is 8.04. The van der Waals surface area contributed by atoms with Gasteiger partial charge in [0.15, 0.2) is 11.8 Å². The molecular formula is C40H54N4O11. The first-order valence-corrected chi connectivity index (χ1v) is 19.5. The standard InChI is InChI=1S/C40H54N4O11/c1-38(2,3)52-31(48)16-14-27(22-45)42-29(46)17-18-41-37(50)39-20-28-32-33(54-40(53-32,25-10-11-25)26-12-13-26)35(39)55-44(34(39)36(49)51-28)21-24-8-6-7-23(19-24)9-15-30(47)43(4)5/h6-9,15,19,25-28,32-35,45H,10-14,16-18,20-22H2,1-5H3,(H,41,50)(H,42,46)/t27-,28-,32-,33-,34-,35+,39-/m0/s1. The van der Waals surface area contributed by atoms with Crippen molar-refractivity contribution in [3.05, 3.63) is 41.5 Å². The molecule has 3 saturated heterocycles. The molecule has 3 aliphatic heterocycles. The molecule has 0 aromatic heterocycles. The van der Waals surface area contributed by atoms with Crippen LogP contribution in [0.1, 0.15) is 83.3 Å². The van der Waals surface area contributed by atoms with Crippen LogP contribution in [0.3, 0.4) is 0 Å². The molecule has 0 spiro atoms. The van der Waals surface area contributed by atoms with Gasteiger partial charge in [0.05, 0.1) is 19.2 Å². The molecule has 300 valence electrons. The first-order valence-electron chi connectivity index (χ1n) is 19.5. The number of aliphatic hydroxyl groups is 1. The molecule has 3 saturated carbocycles. The smallest absolute Gasteiger partial charge is 0.327 e. The van der Waals surface area contributed by atoms with Crippen molar-refractivity contribution in [2.45, 2.75) is 127 Å². The number of nitrogens with zero attached hydrogens (tertiary/aromatic N) is 2. The van der Waals surface area contributed by atoms with Gasteiger partial charge in [-0.25, -0.2) is 0 Å². The molecule has 3 amide bonds. The maximum Gasteiger partial charge on any atom is 0.327 e. The van der Waals surface area contributed by atoms with Gasteiger partial charge in [-0.15, -0.1) is 0 Å². The van der Waals surface area contributed by atoms with Crippen molar-refractivity contribution in [3.8, 4) is 0 Å².